The molecule has 0 saturated heterocycles. The van der Waals surface area contributed by atoms with Crippen molar-refractivity contribution in [1.82, 2.24) is 6.15 Å². The first-order valence-electron chi connectivity index (χ1n) is 0. The average Bonchev–Trinajstić information content (AvgIpc) is 0. The molecular weight excluding hydrogens is 337 g/mol. The fourth-order valence-electron chi connectivity index (χ4n) is 0. The van der Waals surface area contributed by atoms with E-state index in [2.05, 4.69) is 0 Å². The van der Waals surface area contributed by atoms with Gasteiger partial charge in [0.15, 0.2) is 17.4 Å². The van der Waals surface area contributed by atoms with E-state index in [4.69, 9.17) is 0 Å². The second kappa shape index (κ2) is 163. The van der Waals surface area contributed by atoms with Crippen LogP contribution in [0, 0.1) is 0 Å². The Labute approximate surface area is 120 Å². The van der Waals surface area contributed by atoms with Gasteiger partial charge in [0.2, 0.25) is 0 Å². The Kier molecular flexibility index (Phi) is 3410. The minimum absolute atomic E-state index is 0. The Bertz CT molecular complexity index is 33.2. The smallest absolute Gasteiger partial charge is 0.187 e. The predicted molar refractivity (Wildman–Crippen MR) is 58.1 cm³/mol. The summed E-state index contributed by atoms with van der Waals surface area (Å²) in [6, 6.07) is 0. The first kappa shape index (κ1) is 210. The van der Waals surface area contributed by atoms with E-state index >= 15 is 0 Å². The van der Waals surface area contributed by atoms with Crippen LogP contribution in [0.2, 0.25) is 0 Å². The van der Waals surface area contributed by atoms with Crippen LogP contribution in [0.5, 0.6) is 0 Å². The van der Waals surface area contributed by atoms with Crippen molar-refractivity contribution in [2.24, 2.45) is 0 Å². The van der Waals surface area contributed by atoms with Crippen molar-refractivity contribution in [2.75, 3.05) is 0 Å². The molecule has 10 heavy (non-hydrogen) atoms. The Morgan fingerprint density at radius 1 is 1.00 bits per heavy atom. The molecule has 5 N–H and O–H groups in total. The maximum atomic E-state index is 0. The number of rotatable bonds is 0. The van der Waals surface area contributed by atoms with Gasteiger partial charge in [0, 0.05) is 50.6 Å². The van der Waals surface area contributed by atoms with E-state index in [0.29, 0.717) is 0 Å². The molecule has 2 radical (unpaired) electrons. The summed E-state index contributed by atoms with van der Waals surface area (Å²) in [7, 11) is 0. The fraction of sp³-hybridized carbons (Fsp3) is 1.00. The molecule has 0 fully saturated rings. The van der Waals surface area contributed by atoms with Gasteiger partial charge in [0.1, 0.15) is 0 Å². The van der Waals surface area contributed by atoms with Gasteiger partial charge < -0.3 is 11.6 Å². The summed E-state index contributed by atoms with van der Waals surface area (Å²) >= 11 is 0. The van der Waals surface area contributed by atoms with E-state index < -0.39 is 0 Å². The van der Waals surface area contributed by atoms with Crippen molar-refractivity contribution in [1.29, 1.82) is 0 Å². The molecule has 0 amide bonds. The van der Waals surface area contributed by atoms with E-state index in [-0.39, 0.29) is 121 Å². The van der Waals surface area contributed by atoms with Gasteiger partial charge in [0.25, 0.3) is 0 Å². The second-order valence-electron chi connectivity index (χ2n) is 0. The molecule has 0 aliphatic carbocycles. The molecule has 1 unspecified atom stereocenters. The summed E-state index contributed by atoms with van der Waals surface area (Å²) in [5.74, 6) is 0. The van der Waals surface area contributed by atoms with Gasteiger partial charge in [-0.3, -0.25) is 0 Å². The molecule has 0 saturated carbocycles. The molecule has 0 heterocycles. The van der Waals surface area contributed by atoms with Gasteiger partial charge in [0.05, 0.1) is 0 Å². The molecule has 0 aromatic rings. The summed E-state index contributed by atoms with van der Waals surface area (Å²) in [5.41, 5.74) is 0. The molecule has 0 aromatic carbocycles. The van der Waals surface area contributed by atoms with E-state index in [1.807, 2.05) is 0 Å². The van der Waals surface area contributed by atoms with Crippen molar-refractivity contribution in [3.8, 4) is 0 Å². The molecule has 0 aliphatic heterocycles. The van der Waals surface area contributed by atoms with E-state index in [1.165, 1.54) is 0 Å². The Morgan fingerprint density at radius 2 is 1.00 bits per heavy atom. The standard InChI is InChI=1S/CH4.Al.Cu.Mn.H3N.Ni.H2O.H3P.H2S.H4Si.3H/h1H4;;;;1H3;;1H2;1H3;1H2;1H4;;;. The van der Waals surface area contributed by atoms with Crippen LogP contribution in [0.1, 0.15) is 7.43 Å². The average molecular weight is 358 g/mol. The van der Waals surface area contributed by atoms with E-state index in [9.17, 15) is 0 Å². The number of hydrogen-bond acceptors (Lipinski definition) is 1. The van der Waals surface area contributed by atoms with Crippen LogP contribution in [0.4, 0.5) is 0 Å². The first-order chi connectivity index (χ1) is 0. The predicted octanol–water partition coefficient (Wildman–Crippen LogP) is -2.50. The summed E-state index contributed by atoms with van der Waals surface area (Å²) < 4.78 is 0. The van der Waals surface area contributed by atoms with Crippen LogP contribution in [0.25, 0.3) is 0 Å². The van der Waals surface area contributed by atoms with Gasteiger partial charge >= 0.3 is 0 Å². The van der Waals surface area contributed by atoms with Crippen molar-refractivity contribution in [3.05, 3.63) is 0 Å². The topological polar surface area (TPSA) is 66.5 Å². The van der Waals surface area contributed by atoms with Crippen LogP contribution in [0.3, 0.4) is 0 Å². The molecule has 0 rings (SSSR count). The molecule has 1 atom stereocenters. The van der Waals surface area contributed by atoms with Gasteiger partial charge in [-0.05, 0) is 11.0 Å². The normalized spacial score (nSPS) is 0. The van der Waals surface area contributed by atoms with Crippen molar-refractivity contribution < 1.29 is 56.1 Å². The molecule has 0 aliphatic rings. The molecule has 82 valence electrons. The van der Waals surface area contributed by atoms with Crippen molar-refractivity contribution in [2.45, 2.75) is 7.43 Å². The molecule has 0 spiro atoms. The van der Waals surface area contributed by atoms with Crippen LogP contribution in [-0.4, -0.2) is 33.8 Å². The summed E-state index contributed by atoms with van der Waals surface area (Å²) in [5, 5.41) is 0. The fourth-order valence-corrected chi connectivity index (χ4v) is 0. The zero-order valence-electron chi connectivity index (χ0n) is 3.41. The zero-order valence-corrected chi connectivity index (χ0v) is 8.93. The minimum atomic E-state index is 0. The zero-order chi connectivity index (χ0) is 0. The third-order valence-electron chi connectivity index (χ3n) is 0. The molecule has 0 aromatic heterocycles. The van der Waals surface area contributed by atoms with Crippen molar-refractivity contribution in [3.63, 3.8) is 0 Å². The summed E-state index contributed by atoms with van der Waals surface area (Å²) in [6.07, 6.45) is 0. The molecular formula is CH21AlCuMnNNiOPSSi. The Morgan fingerprint density at radius 3 is 1.00 bits per heavy atom. The molecule has 9 heteroatoms. The maximum Gasteiger partial charge on any atom is 0.187 e. The van der Waals surface area contributed by atoms with E-state index in [1.54, 1.807) is 0 Å². The van der Waals surface area contributed by atoms with Gasteiger partial charge in [-0.25, -0.2) is 0 Å². The van der Waals surface area contributed by atoms with Crippen LogP contribution < -0.4 is 6.15 Å². The van der Waals surface area contributed by atoms with Crippen molar-refractivity contribution >= 4 is 51.7 Å². The third-order valence-corrected chi connectivity index (χ3v) is 0. The van der Waals surface area contributed by atoms with Gasteiger partial charge in [-0.1, -0.05) is 7.43 Å². The Hall–Kier alpha value is 2.98. The Balaban J connectivity index is 0. The third kappa shape index (κ3) is 123. The van der Waals surface area contributed by atoms with Gasteiger partial charge in [-0.2, -0.15) is 23.4 Å². The van der Waals surface area contributed by atoms with E-state index in [0.717, 1.165) is 0 Å². The van der Waals surface area contributed by atoms with Gasteiger partial charge in [-0.15, -0.1) is 0 Å². The SMILES string of the molecule is C.N.O.P.S.[AlH3].[Cu].[Mn].[Ni].[SiH4]. The monoisotopic (exact) mass is 357 g/mol. The first-order valence-corrected chi connectivity index (χ1v) is 0. The second-order valence-corrected chi connectivity index (χ2v) is 0. The molecule has 2 nitrogen and oxygen atoms in total. The molecule has 0 bridgehead atoms. The van der Waals surface area contributed by atoms with Crippen LogP contribution in [0.15, 0.2) is 0 Å². The number of hydrogen-bond donors (Lipinski definition) is 1. The quantitative estimate of drug-likeness (QED) is 0.378. The van der Waals surface area contributed by atoms with Crippen LogP contribution in [-0.2, 0) is 50.6 Å². The maximum absolute atomic E-state index is 0. The summed E-state index contributed by atoms with van der Waals surface area (Å²) in [6.45, 7) is 0. The van der Waals surface area contributed by atoms with Crippen LogP contribution >= 0.6 is 23.4 Å². The largest absolute Gasteiger partial charge is 0.412 e. The summed E-state index contributed by atoms with van der Waals surface area (Å²) in [4.78, 5) is 0. The minimum Gasteiger partial charge on any atom is -0.412 e.